The van der Waals surface area contributed by atoms with Crippen molar-refractivity contribution in [2.24, 2.45) is 4.99 Å². The lowest BCUT2D eigenvalue weighted by molar-refractivity contribution is 0.313. The normalized spacial score (nSPS) is 20.8. The lowest BCUT2D eigenvalue weighted by Gasteiger charge is -2.17. The maximum absolute atomic E-state index is 13.1. The van der Waals surface area contributed by atoms with Crippen LogP contribution in [0.5, 0.6) is 0 Å². The quantitative estimate of drug-likeness (QED) is 0.764. The molecular weight excluding hydrogens is 205 g/mol. The highest BCUT2D eigenvalue weighted by atomic mass is 19.1. The van der Waals surface area contributed by atoms with E-state index in [0.29, 0.717) is 12.5 Å². The van der Waals surface area contributed by atoms with Gasteiger partial charge in [-0.2, -0.15) is 0 Å². The second-order valence-corrected chi connectivity index (χ2v) is 4.08. The van der Waals surface area contributed by atoms with E-state index in [4.69, 9.17) is 4.74 Å². The fourth-order valence-corrected chi connectivity index (χ4v) is 2.03. The van der Waals surface area contributed by atoms with Crippen LogP contribution in [0.3, 0.4) is 0 Å². The van der Waals surface area contributed by atoms with Crippen LogP contribution in [0.2, 0.25) is 0 Å². The Morgan fingerprint density at radius 1 is 1.62 bits per heavy atom. The van der Waals surface area contributed by atoms with Crippen LogP contribution in [0.4, 0.5) is 4.39 Å². The first-order valence-electron chi connectivity index (χ1n) is 5.61. The number of rotatable bonds is 4. The first-order valence-corrected chi connectivity index (χ1v) is 5.61. The largest absolute Gasteiger partial charge is 0.472 e. The molecule has 85 valence electrons. The molecule has 2 nitrogen and oxygen atoms in total. The van der Waals surface area contributed by atoms with E-state index >= 15 is 0 Å². The van der Waals surface area contributed by atoms with E-state index < -0.39 is 0 Å². The summed E-state index contributed by atoms with van der Waals surface area (Å²) in [5, 5.41) is 0. The number of ether oxygens (including phenoxy) is 1. The zero-order valence-corrected chi connectivity index (χ0v) is 9.32. The van der Waals surface area contributed by atoms with Crippen molar-refractivity contribution in [1.29, 1.82) is 0 Å². The predicted molar refractivity (Wildman–Crippen MR) is 61.2 cm³/mol. The molecule has 1 aromatic carbocycles. The SMILES string of the molecule is CCC(CC1CO[C]=N1)c1cccc(F)c1. The number of hydrogen-bond acceptors (Lipinski definition) is 2. The standard InChI is InChI=1S/C13H15FNO/c1-2-10(7-13-8-16-9-15-13)11-4-3-5-12(14)6-11/h3-6,10,13H,2,7-8H2,1H3. The number of nitrogens with zero attached hydrogens (tertiary/aromatic N) is 1. The molecule has 1 aliphatic heterocycles. The van der Waals surface area contributed by atoms with Crippen LogP contribution >= 0.6 is 0 Å². The molecule has 0 fully saturated rings. The summed E-state index contributed by atoms with van der Waals surface area (Å²) < 4.78 is 18.1. The summed E-state index contributed by atoms with van der Waals surface area (Å²) in [6, 6.07) is 6.99. The van der Waals surface area contributed by atoms with Crippen molar-refractivity contribution in [3.8, 4) is 0 Å². The van der Waals surface area contributed by atoms with Crippen LogP contribution in [0.1, 0.15) is 31.2 Å². The Morgan fingerprint density at radius 2 is 2.50 bits per heavy atom. The number of hydrogen-bond donors (Lipinski definition) is 0. The van der Waals surface area contributed by atoms with E-state index in [1.54, 1.807) is 12.1 Å². The summed E-state index contributed by atoms with van der Waals surface area (Å²) in [4.78, 5) is 4.11. The molecule has 0 saturated heterocycles. The smallest absolute Gasteiger partial charge is 0.273 e. The van der Waals surface area contributed by atoms with E-state index in [0.717, 1.165) is 18.4 Å². The lowest BCUT2D eigenvalue weighted by Crippen LogP contribution is -2.12. The van der Waals surface area contributed by atoms with Crippen LogP contribution in [0.15, 0.2) is 29.3 Å². The zero-order valence-electron chi connectivity index (χ0n) is 9.32. The average Bonchev–Trinajstić information content (AvgIpc) is 2.78. The third-order valence-corrected chi connectivity index (χ3v) is 2.95. The Balaban J connectivity index is 2.06. The van der Waals surface area contributed by atoms with Crippen molar-refractivity contribution >= 4 is 6.40 Å². The Morgan fingerprint density at radius 3 is 3.12 bits per heavy atom. The molecule has 1 aliphatic rings. The van der Waals surface area contributed by atoms with E-state index in [2.05, 4.69) is 18.3 Å². The van der Waals surface area contributed by atoms with Crippen molar-refractivity contribution in [2.75, 3.05) is 6.61 Å². The molecule has 0 saturated carbocycles. The third-order valence-electron chi connectivity index (χ3n) is 2.95. The number of aliphatic imine (C=N–C) groups is 1. The molecule has 2 rings (SSSR count). The minimum absolute atomic E-state index is 0.173. The Bertz CT molecular complexity index is 378. The fourth-order valence-electron chi connectivity index (χ4n) is 2.03. The van der Waals surface area contributed by atoms with Gasteiger partial charge in [-0.1, -0.05) is 19.1 Å². The van der Waals surface area contributed by atoms with Crippen LogP contribution in [-0.2, 0) is 4.74 Å². The van der Waals surface area contributed by atoms with Gasteiger partial charge in [-0.05, 0) is 36.5 Å². The van der Waals surface area contributed by atoms with Crippen LogP contribution in [-0.4, -0.2) is 19.0 Å². The molecule has 1 heterocycles. The van der Waals surface area contributed by atoms with Crippen molar-refractivity contribution in [2.45, 2.75) is 31.7 Å². The molecular formula is C13H15FNO. The molecule has 16 heavy (non-hydrogen) atoms. The topological polar surface area (TPSA) is 21.6 Å². The van der Waals surface area contributed by atoms with E-state index in [1.165, 1.54) is 6.07 Å². The first-order chi connectivity index (χ1) is 7.79. The maximum atomic E-state index is 13.1. The monoisotopic (exact) mass is 220 g/mol. The molecule has 2 unspecified atom stereocenters. The number of benzene rings is 1. The summed E-state index contributed by atoms with van der Waals surface area (Å²) in [6.45, 7) is 2.71. The van der Waals surface area contributed by atoms with Gasteiger partial charge in [0.1, 0.15) is 12.4 Å². The second-order valence-electron chi connectivity index (χ2n) is 4.08. The molecule has 2 atom stereocenters. The molecule has 1 aromatic rings. The van der Waals surface area contributed by atoms with E-state index in [-0.39, 0.29) is 11.9 Å². The van der Waals surface area contributed by atoms with Crippen molar-refractivity contribution in [3.63, 3.8) is 0 Å². The van der Waals surface area contributed by atoms with Crippen molar-refractivity contribution < 1.29 is 9.13 Å². The minimum Gasteiger partial charge on any atom is -0.472 e. The molecule has 1 radical (unpaired) electrons. The van der Waals surface area contributed by atoms with E-state index in [1.807, 2.05) is 6.07 Å². The van der Waals surface area contributed by atoms with Crippen molar-refractivity contribution in [1.82, 2.24) is 0 Å². The Labute approximate surface area is 95.2 Å². The highest BCUT2D eigenvalue weighted by Crippen LogP contribution is 2.27. The van der Waals surface area contributed by atoms with Crippen LogP contribution in [0, 0.1) is 5.82 Å². The molecule has 0 aliphatic carbocycles. The summed E-state index contributed by atoms with van der Waals surface area (Å²) in [7, 11) is 0. The van der Waals surface area contributed by atoms with Gasteiger partial charge in [-0.3, -0.25) is 0 Å². The highest BCUT2D eigenvalue weighted by molar-refractivity contribution is 5.49. The molecule has 0 spiro atoms. The van der Waals surface area contributed by atoms with Gasteiger partial charge in [-0.25, -0.2) is 9.38 Å². The van der Waals surface area contributed by atoms with E-state index in [9.17, 15) is 4.39 Å². The molecule has 0 bridgehead atoms. The summed E-state index contributed by atoms with van der Waals surface area (Å²) in [6.07, 6.45) is 4.39. The van der Waals surface area contributed by atoms with Crippen molar-refractivity contribution in [3.05, 3.63) is 35.6 Å². The molecule has 0 aromatic heterocycles. The summed E-state index contributed by atoms with van der Waals surface area (Å²) in [5.74, 6) is 0.168. The van der Waals surface area contributed by atoms with Gasteiger partial charge in [0.05, 0.1) is 6.04 Å². The molecule has 3 heteroatoms. The zero-order chi connectivity index (χ0) is 11.4. The van der Waals surface area contributed by atoms with Gasteiger partial charge in [0.2, 0.25) is 0 Å². The minimum atomic E-state index is -0.173. The lowest BCUT2D eigenvalue weighted by atomic mass is 9.90. The second kappa shape index (κ2) is 5.10. The maximum Gasteiger partial charge on any atom is 0.273 e. The highest BCUT2D eigenvalue weighted by Gasteiger charge is 2.19. The summed E-state index contributed by atoms with van der Waals surface area (Å²) >= 11 is 0. The van der Waals surface area contributed by atoms with Gasteiger partial charge in [0.25, 0.3) is 6.40 Å². The Kier molecular flexibility index (Phi) is 3.54. The van der Waals surface area contributed by atoms with Gasteiger partial charge < -0.3 is 4.74 Å². The first kappa shape index (κ1) is 11.1. The van der Waals surface area contributed by atoms with Gasteiger partial charge >= 0.3 is 0 Å². The van der Waals surface area contributed by atoms with Crippen LogP contribution < -0.4 is 0 Å². The van der Waals surface area contributed by atoms with Gasteiger partial charge in [0.15, 0.2) is 0 Å². The predicted octanol–water partition coefficient (Wildman–Crippen LogP) is 3.01. The molecule has 0 amide bonds. The summed E-state index contributed by atoms with van der Waals surface area (Å²) in [5.41, 5.74) is 1.05. The molecule has 0 N–H and O–H groups in total. The fraction of sp³-hybridized carbons (Fsp3) is 0.462. The van der Waals surface area contributed by atoms with Gasteiger partial charge in [0, 0.05) is 0 Å². The third kappa shape index (κ3) is 2.60. The number of halogens is 1. The van der Waals surface area contributed by atoms with Crippen LogP contribution in [0.25, 0.3) is 0 Å². The Hall–Kier alpha value is -1.38. The average molecular weight is 220 g/mol. The van der Waals surface area contributed by atoms with Gasteiger partial charge in [-0.15, -0.1) is 0 Å².